The molecule has 4 nitrogen and oxygen atoms in total. The molecule has 0 aliphatic carbocycles. The van der Waals surface area contributed by atoms with Crippen LogP contribution >= 0.6 is 0 Å². The molecule has 0 saturated heterocycles. The summed E-state index contributed by atoms with van der Waals surface area (Å²) in [4.78, 5) is 2.29. The number of hydrogen-bond acceptors (Lipinski definition) is 3. The summed E-state index contributed by atoms with van der Waals surface area (Å²) in [6, 6.07) is 12.6. The van der Waals surface area contributed by atoms with E-state index in [-0.39, 0.29) is 0 Å². The number of allylic oxidation sites excluding steroid dienone is 1. The van der Waals surface area contributed by atoms with Crippen molar-refractivity contribution in [1.82, 2.24) is 9.99 Å². The molecule has 3 rings (SSSR count). The molecule has 0 fully saturated rings. The number of rotatable bonds is 6. The standard InChI is InChI=1S/C20H26N4/c1-4-9-18-20-16(3)12-14-23(20)22-19(15-21-13-5-2)24(18)17-10-7-6-8-11-17/h6-12,14,21H,4-5,13,15H2,1-3H3/b18-9+. The van der Waals surface area contributed by atoms with Crippen LogP contribution in [0, 0.1) is 6.92 Å². The van der Waals surface area contributed by atoms with Gasteiger partial charge in [-0.05, 0) is 50.1 Å². The molecule has 1 aliphatic rings. The van der Waals surface area contributed by atoms with Crippen molar-refractivity contribution in [3.05, 3.63) is 59.9 Å². The highest BCUT2D eigenvalue weighted by Crippen LogP contribution is 2.32. The van der Waals surface area contributed by atoms with Crippen LogP contribution in [0.15, 0.2) is 53.8 Å². The largest absolute Gasteiger partial charge is 0.310 e. The van der Waals surface area contributed by atoms with E-state index in [2.05, 4.69) is 79.7 Å². The maximum atomic E-state index is 4.88. The van der Waals surface area contributed by atoms with E-state index in [0.717, 1.165) is 37.5 Å². The summed E-state index contributed by atoms with van der Waals surface area (Å²) < 4.78 is 2.01. The number of para-hydroxylation sites is 1. The van der Waals surface area contributed by atoms with Gasteiger partial charge in [-0.2, -0.15) is 5.10 Å². The van der Waals surface area contributed by atoms with Crippen LogP contribution in [0.3, 0.4) is 0 Å². The normalized spacial score (nSPS) is 15.5. The Balaban J connectivity index is 2.09. The third kappa shape index (κ3) is 3.15. The molecule has 2 heterocycles. The van der Waals surface area contributed by atoms with Crippen LogP contribution < -0.4 is 10.2 Å². The molecular weight excluding hydrogens is 296 g/mol. The Morgan fingerprint density at radius 1 is 1.12 bits per heavy atom. The Kier molecular flexibility index (Phi) is 5.16. The number of nitrogens with zero attached hydrogens (tertiary/aromatic N) is 3. The molecule has 2 aromatic rings. The van der Waals surface area contributed by atoms with Crippen LogP contribution in [-0.2, 0) is 0 Å². The minimum absolute atomic E-state index is 0.750. The highest BCUT2D eigenvalue weighted by atomic mass is 15.4. The molecule has 0 amide bonds. The molecule has 0 radical (unpaired) electrons. The topological polar surface area (TPSA) is 32.6 Å². The number of anilines is 1. The molecule has 126 valence electrons. The first kappa shape index (κ1) is 16.5. The summed E-state index contributed by atoms with van der Waals surface area (Å²) in [5.41, 5.74) is 4.80. The first-order valence-electron chi connectivity index (χ1n) is 8.78. The monoisotopic (exact) mass is 322 g/mol. The number of nitrogens with one attached hydrogen (secondary N) is 1. The van der Waals surface area contributed by atoms with Crippen molar-refractivity contribution in [3.8, 4) is 0 Å². The second-order valence-electron chi connectivity index (χ2n) is 6.05. The van der Waals surface area contributed by atoms with Crippen LogP contribution in [0.4, 0.5) is 5.69 Å². The van der Waals surface area contributed by atoms with Crippen molar-refractivity contribution in [1.29, 1.82) is 0 Å². The van der Waals surface area contributed by atoms with E-state index in [1.54, 1.807) is 0 Å². The Morgan fingerprint density at radius 2 is 1.92 bits per heavy atom. The van der Waals surface area contributed by atoms with Gasteiger partial charge in [-0.25, -0.2) is 4.68 Å². The maximum Gasteiger partial charge on any atom is 0.148 e. The molecular formula is C20H26N4. The van der Waals surface area contributed by atoms with E-state index >= 15 is 0 Å². The van der Waals surface area contributed by atoms with Crippen LogP contribution in [0.1, 0.15) is 37.9 Å². The lowest BCUT2D eigenvalue weighted by Gasteiger charge is -2.33. The number of benzene rings is 1. The van der Waals surface area contributed by atoms with Gasteiger partial charge in [-0.1, -0.05) is 38.1 Å². The second-order valence-corrected chi connectivity index (χ2v) is 6.05. The average molecular weight is 322 g/mol. The molecule has 0 spiro atoms. The van der Waals surface area contributed by atoms with Crippen LogP contribution in [0.25, 0.3) is 5.70 Å². The molecule has 0 atom stereocenters. The number of fused-ring (bicyclic) bond motifs is 1. The van der Waals surface area contributed by atoms with Crippen LogP contribution in [-0.4, -0.2) is 23.6 Å². The van der Waals surface area contributed by atoms with E-state index in [1.807, 2.05) is 4.68 Å². The van der Waals surface area contributed by atoms with Crippen molar-refractivity contribution in [2.45, 2.75) is 33.6 Å². The molecule has 1 aromatic carbocycles. The predicted octanol–water partition coefficient (Wildman–Crippen LogP) is 4.23. The van der Waals surface area contributed by atoms with Gasteiger partial charge in [0.15, 0.2) is 0 Å². The van der Waals surface area contributed by atoms with E-state index in [0.29, 0.717) is 0 Å². The average Bonchev–Trinajstić information content (AvgIpc) is 2.97. The Labute approximate surface area is 144 Å². The molecule has 1 aliphatic heterocycles. The van der Waals surface area contributed by atoms with Crippen molar-refractivity contribution < 1.29 is 0 Å². The molecule has 4 heteroatoms. The smallest absolute Gasteiger partial charge is 0.148 e. The summed E-state index contributed by atoms with van der Waals surface area (Å²) in [5.74, 6) is 1.03. The summed E-state index contributed by atoms with van der Waals surface area (Å²) >= 11 is 0. The van der Waals surface area contributed by atoms with Crippen LogP contribution in [0.5, 0.6) is 0 Å². The van der Waals surface area contributed by atoms with Gasteiger partial charge in [0.2, 0.25) is 0 Å². The quantitative estimate of drug-likeness (QED) is 0.807. The predicted molar refractivity (Wildman–Crippen MR) is 102 cm³/mol. The van der Waals surface area contributed by atoms with Gasteiger partial charge in [-0.15, -0.1) is 0 Å². The Bertz CT molecular complexity index is 740. The highest BCUT2D eigenvalue weighted by molar-refractivity contribution is 6.11. The lowest BCUT2D eigenvalue weighted by Crippen LogP contribution is -2.41. The first-order chi connectivity index (χ1) is 11.8. The van der Waals surface area contributed by atoms with Gasteiger partial charge in [-0.3, -0.25) is 4.90 Å². The van der Waals surface area contributed by atoms with E-state index in [4.69, 9.17) is 5.10 Å². The second kappa shape index (κ2) is 7.49. The molecule has 24 heavy (non-hydrogen) atoms. The van der Waals surface area contributed by atoms with Gasteiger partial charge in [0.25, 0.3) is 0 Å². The summed E-state index contributed by atoms with van der Waals surface area (Å²) in [5, 5.41) is 8.38. The van der Waals surface area contributed by atoms with Crippen molar-refractivity contribution in [2.24, 2.45) is 5.10 Å². The first-order valence-corrected chi connectivity index (χ1v) is 8.78. The number of amidine groups is 1. The van der Waals surface area contributed by atoms with Gasteiger partial charge in [0.05, 0.1) is 17.9 Å². The lowest BCUT2D eigenvalue weighted by atomic mass is 10.1. The Morgan fingerprint density at radius 3 is 2.62 bits per heavy atom. The molecule has 0 unspecified atom stereocenters. The van der Waals surface area contributed by atoms with Gasteiger partial charge in [0, 0.05) is 11.9 Å². The highest BCUT2D eigenvalue weighted by Gasteiger charge is 2.27. The fraction of sp³-hybridized carbons (Fsp3) is 0.350. The summed E-state index contributed by atoms with van der Waals surface area (Å²) in [7, 11) is 0. The third-order valence-corrected chi connectivity index (χ3v) is 4.15. The van der Waals surface area contributed by atoms with E-state index < -0.39 is 0 Å². The van der Waals surface area contributed by atoms with Crippen LogP contribution in [0.2, 0.25) is 0 Å². The van der Waals surface area contributed by atoms with Gasteiger partial charge >= 0.3 is 0 Å². The number of aromatic nitrogens is 1. The minimum Gasteiger partial charge on any atom is -0.310 e. The lowest BCUT2D eigenvalue weighted by molar-refractivity contribution is 0.727. The molecule has 0 bridgehead atoms. The SMILES string of the molecule is CC/C=C1\c2c(C)ccn2N=C(CNCCC)N1c1ccccc1. The summed E-state index contributed by atoms with van der Waals surface area (Å²) in [6.07, 6.45) is 6.44. The maximum absolute atomic E-state index is 4.88. The zero-order chi connectivity index (χ0) is 16.9. The van der Waals surface area contributed by atoms with Crippen molar-refractivity contribution in [3.63, 3.8) is 0 Å². The van der Waals surface area contributed by atoms with Gasteiger partial charge < -0.3 is 5.32 Å². The van der Waals surface area contributed by atoms with Crippen molar-refractivity contribution >= 4 is 17.2 Å². The van der Waals surface area contributed by atoms with E-state index in [1.165, 1.54) is 17.0 Å². The fourth-order valence-electron chi connectivity index (χ4n) is 3.07. The zero-order valence-corrected chi connectivity index (χ0v) is 14.8. The van der Waals surface area contributed by atoms with Gasteiger partial charge in [0.1, 0.15) is 5.84 Å². The van der Waals surface area contributed by atoms with Crippen molar-refractivity contribution in [2.75, 3.05) is 18.0 Å². The molecule has 1 aromatic heterocycles. The minimum atomic E-state index is 0.750. The molecule has 1 N–H and O–H groups in total. The molecule has 0 saturated carbocycles. The zero-order valence-electron chi connectivity index (χ0n) is 14.8. The summed E-state index contributed by atoms with van der Waals surface area (Å²) in [6.45, 7) is 8.25. The fourth-order valence-corrected chi connectivity index (χ4v) is 3.07. The number of aryl methyl sites for hydroxylation is 1. The third-order valence-electron chi connectivity index (χ3n) is 4.15. The van der Waals surface area contributed by atoms with E-state index in [9.17, 15) is 0 Å². The number of hydrogen-bond donors (Lipinski definition) is 1. The Hall–Kier alpha value is -2.33.